The normalized spacial score (nSPS) is 9.55. The van der Waals surface area contributed by atoms with E-state index in [1.165, 1.54) is 77.0 Å². The van der Waals surface area contributed by atoms with Crippen LogP contribution in [-0.2, 0) is 0 Å². The molecule has 0 radical (unpaired) electrons. The summed E-state index contributed by atoms with van der Waals surface area (Å²) in [6, 6.07) is 5.72. The molecule has 0 aromatic carbocycles. The average molecular weight is 373 g/mol. The molecule has 0 fully saturated rings. The van der Waals surface area contributed by atoms with Crippen molar-refractivity contribution >= 4 is 17.0 Å². The molecule has 1 aromatic rings. The zero-order chi connectivity index (χ0) is 15.4. The molecule has 22 heavy (non-hydrogen) atoms. The second-order valence-corrected chi connectivity index (χ2v) is 5.70. The summed E-state index contributed by atoms with van der Waals surface area (Å²) >= 11 is 0. The first kappa shape index (κ1) is 23.9. The number of aromatic nitrogens is 1. The fraction of sp³-hybridized carbons (Fsp3) is 0.737. The number of nitrogens with zero attached hydrogens (tertiary/aromatic N) is 1. The summed E-state index contributed by atoms with van der Waals surface area (Å²) in [6.07, 6.45) is 20.4. The maximum atomic E-state index is 5.45. The lowest BCUT2D eigenvalue weighted by molar-refractivity contribution is 0.545. The smallest absolute Gasteiger partial charge is 0.0267 e. The van der Waals surface area contributed by atoms with Crippen LogP contribution in [0.2, 0.25) is 0 Å². The Balaban J connectivity index is 0. The van der Waals surface area contributed by atoms with Crippen LogP contribution in [0, 0.1) is 0 Å². The second kappa shape index (κ2) is 22.9. The molecule has 0 atom stereocenters. The molecule has 1 aromatic heterocycles. The molecule has 0 aliphatic heterocycles. The van der Waals surface area contributed by atoms with E-state index in [9.17, 15) is 0 Å². The third-order valence-electron chi connectivity index (χ3n) is 3.62. The van der Waals surface area contributed by atoms with E-state index < -0.39 is 0 Å². The highest BCUT2D eigenvalue weighted by molar-refractivity contribution is 8.93. The minimum Gasteiger partial charge on any atom is -0.330 e. The van der Waals surface area contributed by atoms with Gasteiger partial charge in [0.05, 0.1) is 0 Å². The van der Waals surface area contributed by atoms with E-state index in [1.807, 2.05) is 18.2 Å². The fourth-order valence-corrected chi connectivity index (χ4v) is 2.30. The molecule has 2 N–H and O–H groups in total. The Morgan fingerprint density at radius 1 is 0.636 bits per heavy atom. The third-order valence-corrected chi connectivity index (χ3v) is 3.62. The predicted molar refractivity (Wildman–Crippen MR) is 105 cm³/mol. The van der Waals surface area contributed by atoms with Gasteiger partial charge in [0.1, 0.15) is 0 Å². The van der Waals surface area contributed by atoms with Gasteiger partial charge in [-0.2, -0.15) is 0 Å². The van der Waals surface area contributed by atoms with Crippen molar-refractivity contribution in [2.45, 2.75) is 84.0 Å². The van der Waals surface area contributed by atoms with Crippen LogP contribution in [0.25, 0.3) is 0 Å². The molecule has 130 valence electrons. The van der Waals surface area contributed by atoms with E-state index in [1.54, 1.807) is 12.4 Å². The Labute approximate surface area is 149 Å². The van der Waals surface area contributed by atoms with Crippen LogP contribution in [0.3, 0.4) is 0 Å². The second-order valence-electron chi connectivity index (χ2n) is 5.70. The van der Waals surface area contributed by atoms with Gasteiger partial charge in [0.2, 0.25) is 0 Å². The van der Waals surface area contributed by atoms with Gasteiger partial charge in [-0.3, -0.25) is 4.98 Å². The summed E-state index contributed by atoms with van der Waals surface area (Å²) in [5, 5.41) is 0. The van der Waals surface area contributed by atoms with Gasteiger partial charge in [0.15, 0.2) is 0 Å². The van der Waals surface area contributed by atoms with Gasteiger partial charge >= 0.3 is 0 Å². The summed E-state index contributed by atoms with van der Waals surface area (Å²) in [5.74, 6) is 0. The monoisotopic (exact) mass is 372 g/mol. The fourth-order valence-electron chi connectivity index (χ4n) is 2.30. The highest BCUT2D eigenvalue weighted by Crippen LogP contribution is 2.11. The molecule has 0 aliphatic carbocycles. The molecule has 1 rings (SSSR count). The summed E-state index contributed by atoms with van der Waals surface area (Å²) < 4.78 is 0. The van der Waals surface area contributed by atoms with Crippen molar-refractivity contribution in [2.24, 2.45) is 5.73 Å². The topological polar surface area (TPSA) is 38.9 Å². The van der Waals surface area contributed by atoms with Gasteiger partial charge in [-0.05, 0) is 25.1 Å². The van der Waals surface area contributed by atoms with Gasteiger partial charge in [0, 0.05) is 12.4 Å². The maximum Gasteiger partial charge on any atom is 0.0267 e. The summed E-state index contributed by atoms with van der Waals surface area (Å²) in [5.41, 5.74) is 5.45. The quantitative estimate of drug-likeness (QED) is 0.436. The van der Waals surface area contributed by atoms with Crippen LogP contribution in [-0.4, -0.2) is 11.5 Å². The van der Waals surface area contributed by atoms with E-state index in [2.05, 4.69) is 11.9 Å². The molecule has 0 amide bonds. The van der Waals surface area contributed by atoms with Crippen molar-refractivity contribution in [1.29, 1.82) is 0 Å². The van der Waals surface area contributed by atoms with Gasteiger partial charge in [-0.1, -0.05) is 83.6 Å². The highest BCUT2D eigenvalue weighted by atomic mass is 79.9. The molecular weight excluding hydrogens is 336 g/mol. The van der Waals surface area contributed by atoms with E-state index in [0.29, 0.717) is 0 Å². The van der Waals surface area contributed by atoms with Crippen LogP contribution >= 0.6 is 17.0 Å². The van der Waals surface area contributed by atoms with Crippen LogP contribution < -0.4 is 5.73 Å². The number of halogens is 1. The van der Waals surface area contributed by atoms with Crippen molar-refractivity contribution < 1.29 is 0 Å². The van der Waals surface area contributed by atoms with Gasteiger partial charge in [-0.25, -0.2) is 0 Å². The van der Waals surface area contributed by atoms with E-state index >= 15 is 0 Å². The predicted octanol–water partition coefficient (Wildman–Crippen LogP) is 6.31. The first-order valence-corrected chi connectivity index (χ1v) is 8.97. The summed E-state index contributed by atoms with van der Waals surface area (Å²) in [6.45, 7) is 3.15. The van der Waals surface area contributed by atoms with E-state index in [4.69, 9.17) is 5.73 Å². The van der Waals surface area contributed by atoms with Gasteiger partial charge < -0.3 is 5.73 Å². The first-order valence-electron chi connectivity index (χ1n) is 8.97. The van der Waals surface area contributed by atoms with Crippen molar-refractivity contribution in [3.05, 3.63) is 30.6 Å². The summed E-state index contributed by atoms with van der Waals surface area (Å²) in [4.78, 5) is 3.78. The van der Waals surface area contributed by atoms with Crippen LogP contribution in [0.15, 0.2) is 30.6 Å². The number of pyridine rings is 1. The van der Waals surface area contributed by atoms with Crippen molar-refractivity contribution in [2.75, 3.05) is 6.54 Å². The molecule has 0 spiro atoms. The highest BCUT2D eigenvalue weighted by Gasteiger charge is 1.92. The molecular formula is C19H37BrN2. The zero-order valence-electron chi connectivity index (χ0n) is 14.5. The van der Waals surface area contributed by atoms with E-state index in [-0.39, 0.29) is 17.0 Å². The number of nitrogens with two attached hydrogens (primary N) is 1. The minimum atomic E-state index is 0. The Morgan fingerprint density at radius 3 is 1.32 bits per heavy atom. The molecule has 0 unspecified atom stereocenters. The van der Waals surface area contributed by atoms with Crippen LogP contribution in [0.5, 0.6) is 0 Å². The Kier molecular flexibility index (Phi) is 24.8. The molecule has 0 saturated heterocycles. The molecule has 2 nitrogen and oxygen atoms in total. The number of unbranched alkanes of at least 4 members (excludes halogenated alkanes) is 11. The Bertz CT molecular complexity index is 229. The summed E-state index contributed by atoms with van der Waals surface area (Å²) in [7, 11) is 0. The van der Waals surface area contributed by atoms with Gasteiger partial charge in [0.25, 0.3) is 0 Å². The van der Waals surface area contributed by atoms with E-state index in [0.717, 1.165) is 6.54 Å². The molecule has 1 heterocycles. The molecule has 0 aliphatic rings. The molecule has 0 saturated carbocycles. The minimum absolute atomic E-state index is 0. The SMILES string of the molecule is Br.CCCCCCCCCCCCCCN.c1ccncc1. The Hall–Kier alpha value is -0.410. The van der Waals surface area contributed by atoms with Crippen molar-refractivity contribution in [1.82, 2.24) is 4.98 Å². The Morgan fingerprint density at radius 2 is 1.05 bits per heavy atom. The first-order chi connectivity index (χ1) is 10.4. The lowest BCUT2D eigenvalue weighted by Gasteiger charge is -2.01. The standard InChI is InChI=1S/C14H31N.C5H5N.BrH/c1-2-3-4-5-6-7-8-9-10-11-12-13-14-15;1-2-4-6-5-3-1;/h2-15H2,1H3;1-5H;1H. The van der Waals surface area contributed by atoms with Crippen molar-refractivity contribution in [3.63, 3.8) is 0 Å². The number of hydrogen-bond acceptors (Lipinski definition) is 2. The lowest BCUT2D eigenvalue weighted by atomic mass is 10.1. The largest absolute Gasteiger partial charge is 0.330 e. The lowest BCUT2D eigenvalue weighted by Crippen LogP contribution is -1.97. The zero-order valence-corrected chi connectivity index (χ0v) is 16.2. The number of hydrogen-bond donors (Lipinski definition) is 1. The molecule has 0 bridgehead atoms. The van der Waals surface area contributed by atoms with Crippen LogP contribution in [0.4, 0.5) is 0 Å². The third kappa shape index (κ3) is 21.9. The van der Waals surface area contributed by atoms with Crippen molar-refractivity contribution in [3.8, 4) is 0 Å². The number of rotatable bonds is 12. The maximum absolute atomic E-state index is 5.45. The molecule has 3 heteroatoms. The van der Waals surface area contributed by atoms with Gasteiger partial charge in [-0.15, -0.1) is 17.0 Å². The average Bonchev–Trinajstić information content (AvgIpc) is 2.55. The van der Waals surface area contributed by atoms with Crippen LogP contribution in [0.1, 0.15) is 84.0 Å².